The quantitative estimate of drug-likeness (QED) is 0.699. The Bertz CT molecular complexity index is 1090. The maximum atomic E-state index is 12.4. The molecular formula is C18H19N5O3S. The summed E-state index contributed by atoms with van der Waals surface area (Å²) in [5, 5.41) is 7.07. The highest BCUT2D eigenvalue weighted by atomic mass is 32.2. The number of hydrogen-bond acceptors (Lipinski definition) is 5. The van der Waals surface area contributed by atoms with Crippen molar-refractivity contribution in [3.8, 4) is 5.82 Å². The standard InChI is InChI=1S/C18H19N5O3S/c1-12-9-13(2)23(22-12)17-8-7-15(11-20-17)21-18(24)14-5-4-6-16(10-14)27(25,26)19-3/h4-11,19H,1-3H3,(H,21,24). The Hall–Kier alpha value is -3.04. The fraction of sp³-hybridized carbons (Fsp3) is 0.167. The number of aromatic nitrogens is 3. The average Bonchev–Trinajstić information content (AvgIpc) is 3.00. The lowest BCUT2D eigenvalue weighted by Gasteiger charge is -2.08. The summed E-state index contributed by atoms with van der Waals surface area (Å²) in [6, 6.07) is 11.2. The number of benzene rings is 1. The first kappa shape index (κ1) is 18.7. The van der Waals surface area contributed by atoms with E-state index >= 15 is 0 Å². The van der Waals surface area contributed by atoms with Gasteiger partial charge in [0.2, 0.25) is 10.0 Å². The Kier molecular flexibility index (Phi) is 5.06. The molecule has 1 amide bonds. The molecule has 1 aromatic carbocycles. The molecule has 0 atom stereocenters. The summed E-state index contributed by atoms with van der Waals surface area (Å²) < 4.78 is 27.7. The zero-order valence-electron chi connectivity index (χ0n) is 15.1. The fourth-order valence-corrected chi connectivity index (χ4v) is 3.35. The largest absolute Gasteiger partial charge is 0.321 e. The first-order valence-corrected chi connectivity index (χ1v) is 9.63. The number of nitrogens with one attached hydrogen (secondary N) is 2. The van der Waals surface area contributed by atoms with Crippen molar-refractivity contribution < 1.29 is 13.2 Å². The monoisotopic (exact) mass is 385 g/mol. The van der Waals surface area contributed by atoms with Gasteiger partial charge in [0, 0.05) is 11.3 Å². The molecule has 0 unspecified atom stereocenters. The van der Waals surface area contributed by atoms with E-state index in [4.69, 9.17) is 0 Å². The van der Waals surface area contributed by atoms with Gasteiger partial charge in [0.05, 0.1) is 22.5 Å². The lowest BCUT2D eigenvalue weighted by molar-refractivity contribution is 0.102. The number of amides is 1. The van der Waals surface area contributed by atoms with Crippen molar-refractivity contribution in [2.24, 2.45) is 0 Å². The summed E-state index contributed by atoms with van der Waals surface area (Å²) in [5.41, 5.74) is 2.57. The first-order valence-electron chi connectivity index (χ1n) is 8.15. The van der Waals surface area contributed by atoms with Crippen molar-refractivity contribution in [3.05, 3.63) is 65.6 Å². The van der Waals surface area contributed by atoms with E-state index in [0.29, 0.717) is 11.5 Å². The van der Waals surface area contributed by atoms with E-state index in [1.54, 1.807) is 22.9 Å². The van der Waals surface area contributed by atoms with Gasteiger partial charge in [0.15, 0.2) is 5.82 Å². The topological polar surface area (TPSA) is 106 Å². The second kappa shape index (κ2) is 7.29. The van der Waals surface area contributed by atoms with Gasteiger partial charge in [-0.05, 0) is 57.3 Å². The van der Waals surface area contributed by atoms with Gasteiger partial charge in [-0.15, -0.1) is 0 Å². The molecular weight excluding hydrogens is 366 g/mol. The second-order valence-corrected chi connectivity index (χ2v) is 7.82. The van der Waals surface area contributed by atoms with Crippen LogP contribution in [0.4, 0.5) is 5.69 Å². The van der Waals surface area contributed by atoms with E-state index in [0.717, 1.165) is 11.4 Å². The van der Waals surface area contributed by atoms with E-state index < -0.39 is 15.9 Å². The molecule has 0 aliphatic heterocycles. The third-order valence-electron chi connectivity index (χ3n) is 3.91. The Morgan fingerprint density at radius 3 is 2.48 bits per heavy atom. The summed E-state index contributed by atoms with van der Waals surface area (Å²) in [6.45, 7) is 3.84. The normalized spacial score (nSPS) is 11.4. The molecule has 0 spiro atoms. The van der Waals surface area contributed by atoms with Crippen molar-refractivity contribution in [1.82, 2.24) is 19.5 Å². The van der Waals surface area contributed by atoms with Crippen LogP contribution >= 0.6 is 0 Å². The van der Waals surface area contributed by atoms with Crippen molar-refractivity contribution in [3.63, 3.8) is 0 Å². The number of anilines is 1. The maximum absolute atomic E-state index is 12.4. The zero-order chi connectivity index (χ0) is 19.6. The Morgan fingerprint density at radius 1 is 1.11 bits per heavy atom. The molecule has 2 aromatic heterocycles. The first-order chi connectivity index (χ1) is 12.8. The third kappa shape index (κ3) is 4.04. The van der Waals surface area contributed by atoms with Crippen molar-refractivity contribution in [2.45, 2.75) is 18.7 Å². The minimum atomic E-state index is -3.62. The molecule has 0 radical (unpaired) electrons. The Morgan fingerprint density at radius 2 is 1.89 bits per heavy atom. The molecule has 140 valence electrons. The summed E-state index contributed by atoms with van der Waals surface area (Å²) in [6.07, 6.45) is 1.53. The van der Waals surface area contributed by atoms with Gasteiger partial charge in [-0.3, -0.25) is 4.79 Å². The minimum absolute atomic E-state index is 0.0238. The molecule has 3 rings (SSSR count). The smallest absolute Gasteiger partial charge is 0.255 e. The molecule has 0 saturated heterocycles. The number of carbonyl (C=O) groups is 1. The number of nitrogens with zero attached hydrogens (tertiary/aromatic N) is 3. The highest BCUT2D eigenvalue weighted by Gasteiger charge is 2.14. The minimum Gasteiger partial charge on any atom is -0.321 e. The van der Waals surface area contributed by atoms with Gasteiger partial charge < -0.3 is 5.32 Å². The predicted octanol–water partition coefficient (Wildman–Crippen LogP) is 2.04. The lowest BCUT2D eigenvalue weighted by Crippen LogP contribution is -2.19. The predicted molar refractivity (Wildman–Crippen MR) is 101 cm³/mol. The van der Waals surface area contributed by atoms with E-state index in [1.807, 2.05) is 19.9 Å². The van der Waals surface area contributed by atoms with Gasteiger partial charge in [0.1, 0.15) is 0 Å². The summed E-state index contributed by atoms with van der Waals surface area (Å²) >= 11 is 0. The fourth-order valence-electron chi connectivity index (χ4n) is 2.57. The molecule has 9 heteroatoms. The van der Waals surface area contributed by atoms with Crippen LogP contribution in [0.3, 0.4) is 0 Å². The van der Waals surface area contributed by atoms with Crippen LogP contribution in [0.25, 0.3) is 5.82 Å². The number of sulfonamides is 1. The number of rotatable bonds is 5. The van der Waals surface area contributed by atoms with E-state index in [2.05, 4.69) is 20.1 Å². The Balaban J connectivity index is 1.79. The molecule has 0 aliphatic carbocycles. The van der Waals surface area contributed by atoms with Gasteiger partial charge in [-0.1, -0.05) is 6.07 Å². The molecule has 0 fully saturated rings. The van der Waals surface area contributed by atoms with Gasteiger partial charge in [0.25, 0.3) is 5.91 Å². The average molecular weight is 385 g/mol. The number of pyridine rings is 1. The van der Waals surface area contributed by atoms with Gasteiger partial charge in [-0.2, -0.15) is 5.10 Å². The van der Waals surface area contributed by atoms with Crippen LogP contribution < -0.4 is 10.0 Å². The number of hydrogen-bond donors (Lipinski definition) is 2. The lowest BCUT2D eigenvalue weighted by atomic mass is 10.2. The molecule has 0 aliphatic rings. The summed E-state index contributed by atoms with van der Waals surface area (Å²) in [5.74, 6) is 0.213. The van der Waals surface area contributed by atoms with E-state index in [-0.39, 0.29) is 10.5 Å². The Labute approximate surface area is 157 Å². The van der Waals surface area contributed by atoms with Crippen LogP contribution in [0.2, 0.25) is 0 Å². The number of carbonyl (C=O) groups excluding carboxylic acids is 1. The molecule has 27 heavy (non-hydrogen) atoms. The van der Waals surface area contributed by atoms with Gasteiger partial charge >= 0.3 is 0 Å². The highest BCUT2D eigenvalue weighted by molar-refractivity contribution is 7.89. The van der Waals surface area contributed by atoms with E-state index in [9.17, 15) is 13.2 Å². The van der Waals surface area contributed by atoms with E-state index in [1.165, 1.54) is 31.4 Å². The van der Waals surface area contributed by atoms with Crippen LogP contribution in [0.1, 0.15) is 21.7 Å². The van der Waals surface area contributed by atoms with Crippen LogP contribution in [-0.4, -0.2) is 36.1 Å². The van der Waals surface area contributed by atoms with Crippen LogP contribution in [0, 0.1) is 13.8 Å². The highest BCUT2D eigenvalue weighted by Crippen LogP contribution is 2.15. The molecule has 0 saturated carbocycles. The summed E-state index contributed by atoms with van der Waals surface area (Å²) in [7, 11) is -2.30. The summed E-state index contributed by atoms with van der Waals surface area (Å²) in [4.78, 5) is 16.8. The number of aryl methyl sites for hydroxylation is 2. The second-order valence-electron chi connectivity index (χ2n) is 5.93. The van der Waals surface area contributed by atoms with Crippen molar-refractivity contribution in [2.75, 3.05) is 12.4 Å². The van der Waals surface area contributed by atoms with Crippen LogP contribution in [-0.2, 0) is 10.0 Å². The van der Waals surface area contributed by atoms with Crippen LogP contribution in [0.15, 0.2) is 53.6 Å². The molecule has 0 bridgehead atoms. The van der Waals surface area contributed by atoms with Crippen LogP contribution in [0.5, 0.6) is 0 Å². The van der Waals surface area contributed by atoms with Crippen molar-refractivity contribution >= 4 is 21.6 Å². The molecule has 8 nitrogen and oxygen atoms in total. The van der Waals surface area contributed by atoms with Gasteiger partial charge in [-0.25, -0.2) is 22.8 Å². The van der Waals surface area contributed by atoms with Crippen molar-refractivity contribution in [1.29, 1.82) is 0 Å². The molecule has 2 N–H and O–H groups in total. The molecule has 3 aromatic rings. The third-order valence-corrected chi connectivity index (χ3v) is 5.32. The molecule has 2 heterocycles. The SMILES string of the molecule is CNS(=O)(=O)c1cccc(C(=O)Nc2ccc(-n3nc(C)cc3C)nc2)c1. The zero-order valence-corrected chi connectivity index (χ0v) is 15.9. The maximum Gasteiger partial charge on any atom is 0.255 e.